The molecule has 0 atom stereocenters. The topological polar surface area (TPSA) is 52.5 Å². The number of aliphatic hydroxyl groups is 1. The van der Waals surface area contributed by atoms with Crippen molar-refractivity contribution in [2.45, 2.75) is 0 Å². The van der Waals surface area contributed by atoms with Gasteiger partial charge in [0.15, 0.2) is 0 Å². The van der Waals surface area contributed by atoms with E-state index in [1.165, 1.54) is 0 Å². The molecule has 1 aromatic heterocycles. The van der Waals surface area contributed by atoms with Gasteiger partial charge in [0.25, 0.3) is 0 Å². The molecule has 0 amide bonds. The van der Waals surface area contributed by atoms with Crippen molar-refractivity contribution in [2.24, 2.45) is 0 Å². The minimum absolute atomic E-state index is 0.210. The second kappa shape index (κ2) is 7.73. The second-order valence-corrected chi connectivity index (χ2v) is 5.43. The minimum atomic E-state index is 0.210. The van der Waals surface area contributed by atoms with Crippen molar-refractivity contribution in [1.82, 2.24) is 14.9 Å². The van der Waals surface area contributed by atoms with Crippen LogP contribution < -0.4 is 4.90 Å². The molecule has 0 aliphatic carbocycles. The van der Waals surface area contributed by atoms with Crippen LogP contribution in [0.15, 0.2) is 42.9 Å². The van der Waals surface area contributed by atoms with Crippen LogP contribution in [0.5, 0.6) is 0 Å². The molecule has 0 spiro atoms. The van der Waals surface area contributed by atoms with E-state index in [4.69, 9.17) is 5.11 Å². The Hall–Kier alpha value is -2.42. The van der Waals surface area contributed by atoms with E-state index in [0.29, 0.717) is 0 Å². The first-order valence-corrected chi connectivity index (χ1v) is 7.82. The molecule has 1 saturated heterocycles. The van der Waals surface area contributed by atoms with Crippen molar-refractivity contribution in [1.29, 1.82) is 0 Å². The fourth-order valence-corrected chi connectivity index (χ4v) is 2.65. The maximum atomic E-state index is 9.03. The van der Waals surface area contributed by atoms with Crippen LogP contribution >= 0.6 is 0 Å². The summed E-state index contributed by atoms with van der Waals surface area (Å²) in [5.41, 5.74) is 1.84. The third-order valence-electron chi connectivity index (χ3n) is 3.89. The molecule has 1 aliphatic rings. The van der Waals surface area contributed by atoms with Gasteiger partial charge in [-0.1, -0.05) is 30.0 Å². The third-order valence-corrected chi connectivity index (χ3v) is 3.89. The molecule has 5 nitrogen and oxygen atoms in total. The lowest BCUT2D eigenvalue weighted by atomic mass is 10.2. The molecule has 5 heteroatoms. The summed E-state index contributed by atoms with van der Waals surface area (Å²) < 4.78 is 0. The number of piperazine rings is 1. The maximum absolute atomic E-state index is 9.03. The van der Waals surface area contributed by atoms with Gasteiger partial charge in [-0.2, -0.15) is 0 Å². The summed E-state index contributed by atoms with van der Waals surface area (Å²) in [5, 5.41) is 9.03. The number of nitrogens with zero attached hydrogens (tertiary/aromatic N) is 4. The van der Waals surface area contributed by atoms with Gasteiger partial charge in [-0.05, 0) is 12.1 Å². The lowest BCUT2D eigenvalue weighted by Gasteiger charge is -2.35. The number of rotatable bonds is 3. The van der Waals surface area contributed by atoms with Gasteiger partial charge in [-0.25, -0.2) is 9.97 Å². The van der Waals surface area contributed by atoms with E-state index in [2.05, 4.69) is 31.6 Å². The molecule has 118 valence electrons. The van der Waals surface area contributed by atoms with Crippen LogP contribution in [0.2, 0.25) is 0 Å². The van der Waals surface area contributed by atoms with E-state index in [0.717, 1.165) is 49.7 Å². The predicted octanol–water partition coefficient (Wildman–Crippen LogP) is 0.991. The maximum Gasteiger partial charge on any atom is 0.147 e. The summed E-state index contributed by atoms with van der Waals surface area (Å²) in [5.74, 6) is 7.26. The van der Waals surface area contributed by atoms with Gasteiger partial charge in [0, 0.05) is 44.5 Å². The van der Waals surface area contributed by atoms with E-state index in [-0.39, 0.29) is 6.61 Å². The minimum Gasteiger partial charge on any atom is -0.395 e. The van der Waals surface area contributed by atoms with Gasteiger partial charge in [-0.15, -0.1) is 0 Å². The van der Waals surface area contributed by atoms with E-state index in [9.17, 15) is 0 Å². The highest BCUT2D eigenvalue weighted by Crippen LogP contribution is 2.17. The van der Waals surface area contributed by atoms with Crippen molar-refractivity contribution in [3.63, 3.8) is 0 Å². The zero-order valence-electron chi connectivity index (χ0n) is 13.0. The largest absolute Gasteiger partial charge is 0.395 e. The Balaban J connectivity index is 1.76. The van der Waals surface area contributed by atoms with Crippen LogP contribution in [-0.4, -0.2) is 59.3 Å². The average molecular weight is 308 g/mol. The Morgan fingerprint density at radius 3 is 2.57 bits per heavy atom. The van der Waals surface area contributed by atoms with Crippen LogP contribution in [0.25, 0.3) is 0 Å². The van der Waals surface area contributed by atoms with E-state index >= 15 is 0 Å². The summed E-state index contributed by atoms with van der Waals surface area (Å²) in [4.78, 5) is 13.0. The molecule has 0 unspecified atom stereocenters. The first-order valence-electron chi connectivity index (χ1n) is 7.82. The van der Waals surface area contributed by atoms with Crippen LogP contribution in [0.4, 0.5) is 5.82 Å². The molecular weight excluding hydrogens is 288 g/mol. The van der Waals surface area contributed by atoms with Gasteiger partial charge in [0.05, 0.1) is 12.2 Å². The molecule has 1 aromatic carbocycles. The Morgan fingerprint density at radius 1 is 1.04 bits per heavy atom. The smallest absolute Gasteiger partial charge is 0.147 e. The SMILES string of the molecule is OCCN1CCN(c2ncncc2C#Cc2ccccc2)CC1. The molecule has 1 aliphatic heterocycles. The second-order valence-electron chi connectivity index (χ2n) is 5.43. The van der Waals surface area contributed by atoms with Crippen molar-refractivity contribution in [3.05, 3.63) is 54.0 Å². The number of anilines is 1. The molecule has 3 rings (SSSR count). The number of aliphatic hydroxyl groups excluding tert-OH is 1. The van der Waals surface area contributed by atoms with Crippen LogP contribution in [0.1, 0.15) is 11.1 Å². The van der Waals surface area contributed by atoms with Crippen molar-refractivity contribution in [2.75, 3.05) is 44.2 Å². The molecular formula is C18H20N4O. The fraction of sp³-hybridized carbons (Fsp3) is 0.333. The molecule has 0 radical (unpaired) electrons. The fourth-order valence-electron chi connectivity index (χ4n) is 2.65. The highest BCUT2D eigenvalue weighted by molar-refractivity contribution is 5.56. The van der Waals surface area contributed by atoms with Gasteiger partial charge in [0.2, 0.25) is 0 Å². The molecule has 1 fully saturated rings. The van der Waals surface area contributed by atoms with Crippen molar-refractivity contribution >= 4 is 5.82 Å². The highest BCUT2D eigenvalue weighted by atomic mass is 16.3. The normalized spacial score (nSPS) is 15.1. The molecule has 1 N–H and O–H groups in total. The van der Waals surface area contributed by atoms with Crippen molar-refractivity contribution in [3.8, 4) is 11.8 Å². The number of hydrogen-bond donors (Lipinski definition) is 1. The highest BCUT2D eigenvalue weighted by Gasteiger charge is 2.19. The zero-order valence-corrected chi connectivity index (χ0v) is 13.0. The monoisotopic (exact) mass is 308 g/mol. The van der Waals surface area contributed by atoms with Crippen LogP contribution in [-0.2, 0) is 0 Å². The molecule has 0 saturated carbocycles. The van der Waals surface area contributed by atoms with Gasteiger partial charge in [-0.3, -0.25) is 4.90 Å². The standard InChI is InChI=1S/C18H20N4O/c23-13-12-21-8-10-22(11-9-21)18-17(14-19-15-20-18)7-6-16-4-2-1-3-5-16/h1-5,14-15,23H,8-13H2. The Morgan fingerprint density at radius 2 is 1.83 bits per heavy atom. The Labute approximate surface area is 136 Å². The quantitative estimate of drug-likeness (QED) is 0.857. The third kappa shape index (κ3) is 4.07. The number of β-amino-alcohol motifs (C(OH)–C–C–N with tert-alkyl or cyclic N) is 1. The first kappa shape index (κ1) is 15.5. The summed E-state index contributed by atoms with van der Waals surface area (Å²) in [6.45, 7) is 4.57. The lowest BCUT2D eigenvalue weighted by molar-refractivity contribution is 0.188. The summed E-state index contributed by atoms with van der Waals surface area (Å²) >= 11 is 0. The molecule has 0 bridgehead atoms. The molecule has 2 heterocycles. The van der Waals surface area contributed by atoms with E-state index < -0.39 is 0 Å². The van der Waals surface area contributed by atoms with E-state index in [1.807, 2.05) is 30.3 Å². The molecule has 23 heavy (non-hydrogen) atoms. The number of hydrogen-bond acceptors (Lipinski definition) is 5. The Kier molecular flexibility index (Phi) is 5.20. The van der Waals surface area contributed by atoms with Crippen LogP contribution in [0.3, 0.4) is 0 Å². The van der Waals surface area contributed by atoms with Crippen molar-refractivity contribution < 1.29 is 5.11 Å². The summed E-state index contributed by atoms with van der Waals surface area (Å²) in [6.07, 6.45) is 3.35. The lowest BCUT2D eigenvalue weighted by Crippen LogP contribution is -2.47. The first-order chi connectivity index (χ1) is 11.4. The Bertz CT molecular complexity index is 685. The summed E-state index contributed by atoms with van der Waals surface area (Å²) in [6, 6.07) is 9.92. The zero-order chi connectivity index (χ0) is 15.9. The molecule has 2 aromatic rings. The summed E-state index contributed by atoms with van der Waals surface area (Å²) in [7, 11) is 0. The van der Waals surface area contributed by atoms with Gasteiger partial charge >= 0.3 is 0 Å². The van der Waals surface area contributed by atoms with Gasteiger partial charge in [0.1, 0.15) is 12.1 Å². The van der Waals surface area contributed by atoms with Crippen LogP contribution in [0, 0.1) is 11.8 Å². The van der Waals surface area contributed by atoms with Gasteiger partial charge < -0.3 is 10.0 Å². The average Bonchev–Trinajstić information content (AvgIpc) is 2.62. The van der Waals surface area contributed by atoms with E-state index in [1.54, 1.807) is 12.5 Å². The number of aromatic nitrogens is 2. The number of benzene rings is 1. The predicted molar refractivity (Wildman–Crippen MR) is 90.2 cm³/mol.